The summed E-state index contributed by atoms with van der Waals surface area (Å²) in [5.74, 6) is 0.515. The Labute approximate surface area is 183 Å². The monoisotopic (exact) mass is 440 g/mol. The molecule has 152 valence electrons. The van der Waals surface area contributed by atoms with Crippen LogP contribution in [0.3, 0.4) is 0 Å². The maximum atomic E-state index is 13.3. The van der Waals surface area contributed by atoms with Crippen LogP contribution in [0, 0.1) is 13.8 Å². The minimum Gasteiger partial charge on any atom is -0.486 e. The highest BCUT2D eigenvalue weighted by atomic mass is 35.5. The van der Waals surface area contributed by atoms with Crippen LogP contribution in [0.5, 0.6) is 5.75 Å². The third-order valence-electron chi connectivity index (χ3n) is 4.65. The molecule has 0 saturated heterocycles. The third kappa shape index (κ3) is 3.49. The summed E-state index contributed by atoms with van der Waals surface area (Å²) in [6.07, 6.45) is 3.30. The van der Waals surface area contributed by atoms with Gasteiger partial charge in [-0.25, -0.2) is 9.67 Å². The Bertz CT molecular complexity index is 1340. The van der Waals surface area contributed by atoms with Crippen molar-refractivity contribution in [1.82, 2.24) is 19.2 Å². The molecule has 6 nitrogen and oxygen atoms in total. The van der Waals surface area contributed by atoms with Gasteiger partial charge in [-0.3, -0.25) is 9.20 Å². The molecule has 0 saturated carbocycles. The van der Waals surface area contributed by atoms with Crippen LogP contribution >= 0.6 is 23.2 Å². The van der Waals surface area contributed by atoms with E-state index in [1.807, 2.05) is 19.1 Å². The van der Waals surface area contributed by atoms with Gasteiger partial charge in [0.05, 0.1) is 27.0 Å². The second kappa shape index (κ2) is 7.97. The molecule has 0 bridgehead atoms. The average Bonchev–Trinajstić information content (AvgIpc) is 3.09. The molecule has 4 aromatic rings. The van der Waals surface area contributed by atoms with Gasteiger partial charge >= 0.3 is 0 Å². The molecule has 0 fully saturated rings. The van der Waals surface area contributed by atoms with Crippen LogP contribution < -0.4 is 10.3 Å². The maximum Gasteiger partial charge on any atom is 0.267 e. The van der Waals surface area contributed by atoms with E-state index < -0.39 is 0 Å². The van der Waals surface area contributed by atoms with Crippen molar-refractivity contribution in [2.75, 3.05) is 6.61 Å². The fraction of sp³-hybridized carbons (Fsp3) is 0.136. The van der Waals surface area contributed by atoms with E-state index in [-0.39, 0.29) is 5.56 Å². The first-order chi connectivity index (χ1) is 14.4. The number of aryl methyl sites for hydroxylation is 2. The predicted molar refractivity (Wildman–Crippen MR) is 119 cm³/mol. The molecule has 0 spiro atoms. The van der Waals surface area contributed by atoms with Gasteiger partial charge in [0.2, 0.25) is 0 Å². The number of benzene rings is 1. The van der Waals surface area contributed by atoms with Crippen molar-refractivity contribution >= 4 is 28.8 Å². The van der Waals surface area contributed by atoms with Crippen LogP contribution in [-0.2, 0) is 0 Å². The molecule has 8 heteroatoms. The fourth-order valence-corrected chi connectivity index (χ4v) is 3.57. The van der Waals surface area contributed by atoms with Crippen molar-refractivity contribution in [3.05, 3.63) is 87.0 Å². The highest BCUT2D eigenvalue weighted by Gasteiger charge is 2.18. The lowest BCUT2D eigenvalue weighted by Crippen LogP contribution is -2.19. The van der Waals surface area contributed by atoms with Gasteiger partial charge in [0.15, 0.2) is 11.4 Å². The lowest BCUT2D eigenvalue weighted by Gasteiger charge is -2.10. The summed E-state index contributed by atoms with van der Waals surface area (Å²) in [6, 6.07) is 10.6. The summed E-state index contributed by atoms with van der Waals surface area (Å²) in [4.78, 5) is 17.9. The van der Waals surface area contributed by atoms with Crippen molar-refractivity contribution in [1.29, 1.82) is 0 Å². The van der Waals surface area contributed by atoms with E-state index in [2.05, 4.69) is 16.7 Å². The van der Waals surface area contributed by atoms with Crippen LogP contribution in [0.1, 0.15) is 11.4 Å². The van der Waals surface area contributed by atoms with E-state index in [0.29, 0.717) is 45.0 Å². The van der Waals surface area contributed by atoms with Crippen LogP contribution in [0.25, 0.3) is 22.6 Å². The van der Waals surface area contributed by atoms with Crippen molar-refractivity contribution in [3.63, 3.8) is 0 Å². The summed E-state index contributed by atoms with van der Waals surface area (Å²) in [5.41, 5.74) is 3.34. The summed E-state index contributed by atoms with van der Waals surface area (Å²) in [6.45, 7) is 7.66. The van der Waals surface area contributed by atoms with E-state index in [9.17, 15) is 4.79 Å². The molecule has 0 atom stereocenters. The predicted octanol–water partition coefficient (Wildman–Crippen LogP) is 5.04. The van der Waals surface area contributed by atoms with Crippen molar-refractivity contribution in [2.45, 2.75) is 13.8 Å². The molecule has 1 aromatic carbocycles. The van der Waals surface area contributed by atoms with Crippen LogP contribution in [0.4, 0.5) is 0 Å². The fourth-order valence-electron chi connectivity index (χ4n) is 3.27. The molecule has 0 aliphatic heterocycles. The number of rotatable bonds is 5. The Hall–Kier alpha value is -3.09. The number of nitrogens with zero attached hydrogens (tertiary/aromatic N) is 4. The van der Waals surface area contributed by atoms with Gasteiger partial charge in [-0.05, 0) is 50.2 Å². The quantitative estimate of drug-likeness (QED) is 0.408. The van der Waals surface area contributed by atoms with E-state index in [1.54, 1.807) is 48.1 Å². The molecule has 0 radical (unpaired) electrons. The molecule has 0 aliphatic carbocycles. The average molecular weight is 441 g/mol. The normalized spacial score (nSPS) is 11.1. The Morgan fingerprint density at radius 3 is 2.70 bits per heavy atom. The molecule has 4 rings (SSSR count). The SMILES string of the molecule is C=CCOc1cccn2c(=O)c(-c3cc(C)n(-c4ccc(Cl)c(Cl)c4)n3)c(C)nc12. The highest BCUT2D eigenvalue weighted by molar-refractivity contribution is 6.42. The summed E-state index contributed by atoms with van der Waals surface area (Å²) in [5, 5.41) is 5.54. The van der Waals surface area contributed by atoms with E-state index in [0.717, 1.165) is 11.4 Å². The standard InChI is InChI=1S/C22H18Cl2N4O2/c1-4-10-30-19-6-5-9-27-21(19)25-14(3)20(22(27)29)18-11-13(2)28(26-18)15-7-8-16(23)17(24)12-15/h4-9,11-12H,1,10H2,2-3H3. The molecular weight excluding hydrogens is 423 g/mol. The zero-order chi connectivity index (χ0) is 21.4. The zero-order valence-electron chi connectivity index (χ0n) is 16.4. The van der Waals surface area contributed by atoms with E-state index in [4.69, 9.17) is 27.9 Å². The first kappa shape index (κ1) is 20.2. The van der Waals surface area contributed by atoms with Crippen LogP contribution in [-0.4, -0.2) is 25.8 Å². The van der Waals surface area contributed by atoms with Crippen LogP contribution in [0.15, 0.2) is 60.0 Å². The molecule has 3 aromatic heterocycles. The minimum absolute atomic E-state index is 0.222. The van der Waals surface area contributed by atoms with E-state index >= 15 is 0 Å². The molecule has 30 heavy (non-hydrogen) atoms. The number of halogens is 2. The van der Waals surface area contributed by atoms with Gasteiger partial charge in [-0.15, -0.1) is 0 Å². The summed E-state index contributed by atoms with van der Waals surface area (Å²) in [7, 11) is 0. The Kier molecular flexibility index (Phi) is 5.37. The number of hydrogen-bond donors (Lipinski definition) is 0. The lowest BCUT2D eigenvalue weighted by atomic mass is 10.1. The van der Waals surface area contributed by atoms with Gasteiger partial charge in [0.1, 0.15) is 12.3 Å². The number of pyridine rings is 1. The van der Waals surface area contributed by atoms with Gasteiger partial charge in [0, 0.05) is 11.9 Å². The molecule has 0 amide bonds. The van der Waals surface area contributed by atoms with Crippen molar-refractivity contribution in [2.24, 2.45) is 0 Å². The molecule has 0 unspecified atom stereocenters. The summed E-state index contributed by atoms with van der Waals surface area (Å²) < 4.78 is 8.83. The molecular formula is C22H18Cl2N4O2. The zero-order valence-corrected chi connectivity index (χ0v) is 17.9. The molecule has 0 aliphatic rings. The topological polar surface area (TPSA) is 61.4 Å². The van der Waals surface area contributed by atoms with Crippen LogP contribution in [0.2, 0.25) is 10.0 Å². The Balaban J connectivity index is 1.87. The first-order valence-electron chi connectivity index (χ1n) is 9.19. The molecule has 0 N–H and O–H groups in total. The van der Waals surface area contributed by atoms with Crippen molar-refractivity contribution < 1.29 is 4.74 Å². The smallest absolute Gasteiger partial charge is 0.267 e. The Morgan fingerprint density at radius 1 is 1.17 bits per heavy atom. The summed E-state index contributed by atoms with van der Waals surface area (Å²) >= 11 is 12.2. The minimum atomic E-state index is -0.222. The largest absolute Gasteiger partial charge is 0.486 e. The van der Waals surface area contributed by atoms with Gasteiger partial charge in [-0.1, -0.05) is 35.9 Å². The second-order valence-corrected chi connectivity index (χ2v) is 7.54. The van der Waals surface area contributed by atoms with Gasteiger partial charge < -0.3 is 4.74 Å². The molecule has 3 heterocycles. The number of ether oxygens (including phenoxy) is 1. The first-order valence-corrected chi connectivity index (χ1v) is 9.94. The van der Waals surface area contributed by atoms with Crippen molar-refractivity contribution in [3.8, 4) is 22.7 Å². The Morgan fingerprint density at radius 2 is 1.97 bits per heavy atom. The maximum absolute atomic E-state index is 13.3. The van der Waals surface area contributed by atoms with E-state index in [1.165, 1.54) is 4.40 Å². The lowest BCUT2D eigenvalue weighted by molar-refractivity contribution is 0.365. The number of hydrogen-bond acceptors (Lipinski definition) is 4. The third-order valence-corrected chi connectivity index (χ3v) is 5.39. The van der Waals surface area contributed by atoms with Gasteiger partial charge in [0.25, 0.3) is 5.56 Å². The highest BCUT2D eigenvalue weighted by Crippen LogP contribution is 2.27. The van der Waals surface area contributed by atoms with Gasteiger partial charge in [-0.2, -0.15) is 5.10 Å². The number of fused-ring (bicyclic) bond motifs is 1. The second-order valence-electron chi connectivity index (χ2n) is 6.72. The number of aromatic nitrogens is 4.